The molecular weight excluding hydrogens is 630 g/mol. The number of rotatable bonds is 11. The van der Waals surface area contributed by atoms with Crippen LogP contribution in [0.25, 0.3) is 0 Å². The number of methoxy groups -OCH3 is 1. The van der Waals surface area contributed by atoms with E-state index < -0.39 is 10.0 Å². The molecule has 0 saturated carbocycles. The Kier molecular flexibility index (Phi) is 10.3. The van der Waals surface area contributed by atoms with Gasteiger partial charge in [-0.3, -0.25) is 9.69 Å². The molecule has 8 nitrogen and oxygen atoms in total. The van der Waals surface area contributed by atoms with E-state index in [1.807, 2.05) is 36.4 Å². The van der Waals surface area contributed by atoms with E-state index in [0.717, 1.165) is 4.47 Å². The van der Waals surface area contributed by atoms with Gasteiger partial charge < -0.3 is 14.8 Å². The molecule has 0 unspecified atom stereocenters. The van der Waals surface area contributed by atoms with Crippen LogP contribution in [0.5, 0.6) is 5.75 Å². The third kappa shape index (κ3) is 7.52. The number of carbonyl (C=O) groups is 1. The summed E-state index contributed by atoms with van der Waals surface area (Å²) in [4.78, 5) is 15.6. The molecular formula is C33H34BrN3O5S. The highest BCUT2D eigenvalue weighted by Gasteiger charge is 2.32. The van der Waals surface area contributed by atoms with Crippen LogP contribution >= 0.6 is 15.9 Å². The molecule has 224 valence electrons. The van der Waals surface area contributed by atoms with Gasteiger partial charge in [0.05, 0.1) is 23.1 Å². The molecule has 1 N–H and O–H groups in total. The number of ether oxygens (including phenoxy) is 2. The van der Waals surface area contributed by atoms with Crippen molar-refractivity contribution in [2.75, 3.05) is 51.8 Å². The van der Waals surface area contributed by atoms with E-state index in [4.69, 9.17) is 9.47 Å². The van der Waals surface area contributed by atoms with E-state index in [0.29, 0.717) is 56.4 Å². The number of hydrogen-bond donors (Lipinski definition) is 1. The Morgan fingerprint density at radius 1 is 0.837 bits per heavy atom. The summed E-state index contributed by atoms with van der Waals surface area (Å²) in [6.45, 7) is 2.66. The largest absolute Gasteiger partial charge is 0.490 e. The van der Waals surface area contributed by atoms with Crippen LogP contribution in [0.3, 0.4) is 0 Å². The summed E-state index contributed by atoms with van der Waals surface area (Å²) < 4.78 is 40.1. The van der Waals surface area contributed by atoms with Crippen molar-refractivity contribution in [3.05, 3.63) is 124 Å². The van der Waals surface area contributed by atoms with Gasteiger partial charge in [0.2, 0.25) is 10.0 Å². The monoisotopic (exact) mass is 663 g/mol. The second-order valence-electron chi connectivity index (χ2n) is 10.1. The average Bonchev–Trinajstić information content (AvgIpc) is 3.03. The first-order valence-corrected chi connectivity index (χ1v) is 16.3. The van der Waals surface area contributed by atoms with E-state index in [-0.39, 0.29) is 16.8 Å². The minimum absolute atomic E-state index is 0.0475. The van der Waals surface area contributed by atoms with Crippen molar-refractivity contribution >= 4 is 37.5 Å². The average molecular weight is 665 g/mol. The van der Waals surface area contributed by atoms with Crippen molar-refractivity contribution in [1.82, 2.24) is 9.21 Å². The smallest absolute Gasteiger partial charge is 0.259 e. The van der Waals surface area contributed by atoms with Crippen molar-refractivity contribution < 1.29 is 22.7 Å². The van der Waals surface area contributed by atoms with Gasteiger partial charge in [-0.2, -0.15) is 4.31 Å². The van der Waals surface area contributed by atoms with Crippen molar-refractivity contribution in [1.29, 1.82) is 0 Å². The van der Waals surface area contributed by atoms with Crippen molar-refractivity contribution in [3.63, 3.8) is 0 Å². The van der Waals surface area contributed by atoms with E-state index in [1.165, 1.54) is 27.6 Å². The van der Waals surface area contributed by atoms with Crippen LogP contribution in [0.1, 0.15) is 27.5 Å². The van der Waals surface area contributed by atoms with Crippen LogP contribution in [0.2, 0.25) is 0 Å². The molecule has 1 aliphatic heterocycles. The molecule has 0 atom stereocenters. The lowest BCUT2D eigenvalue weighted by molar-refractivity contribution is 0.101. The Hall–Kier alpha value is -3.54. The topological polar surface area (TPSA) is 88.2 Å². The van der Waals surface area contributed by atoms with E-state index in [2.05, 4.69) is 50.4 Å². The van der Waals surface area contributed by atoms with E-state index in [1.54, 1.807) is 37.4 Å². The van der Waals surface area contributed by atoms with Crippen molar-refractivity contribution in [3.8, 4) is 5.75 Å². The summed E-state index contributed by atoms with van der Waals surface area (Å²) >= 11 is 3.40. The highest BCUT2D eigenvalue weighted by atomic mass is 79.9. The van der Waals surface area contributed by atoms with Gasteiger partial charge in [0.15, 0.2) is 0 Å². The van der Waals surface area contributed by atoms with Crippen LogP contribution in [0.15, 0.2) is 112 Å². The van der Waals surface area contributed by atoms with Crippen LogP contribution in [0.4, 0.5) is 5.69 Å². The minimum Gasteiger partial charge on any atom is -0.490 e. The summed E-state index contributed by atoms with van der Waals surface area (Å²) in [5.74, 6) is 0.0599. The summed E-state index contributed by atoms with van der Waals surface area (Å²) in [6, 6.07) is 32.1. The molecule has 10 heteroatoms. The van der Waals surface area contributed by atoms with Gasteiger partial charge in [-0.15, -0.1) is 0 Å². The fourth-order valence-electron chi connectivity index (χ4n) is 5.19. The summed E-state index contributed by atoms with van der Waals surface area (Å²) in [5, 5.41) is 2.84. The maximum atomic E-state index is 13.6. The van der Waals surface area contributed by atoms with Gasteiger partial charge in [-0.05, 0) is 53.6 Å². The zero-order valence-electron chi connectivity index (χ0n) is 23.9. The SMILES string of the molecule is COCCOc1ccc(Br)cc1C(=O)Nc1ccc(S(=O)(=O)N2CCN(C(c3ccccc3)c3ccccc3)CC2)cc1. The number of nitrogens with one attached hydrogen (secondary N) is 1. The standard InChI is InChI=1S/C33H34BrN3O5S/c1-41-22-23-42-31-17-12-27(34)24-30(31)33(38)35-28-13-15-29(16-14-28)43(39,40)37-20-18-36(19-21-37)32(25-8-4-2-5-9-25)26-10-6-3-7-11-26/h2-17,24,32H,18-23H2,1H3,(H,35,38). The first-order valence-electron chi connectivity index (χ1n) is 14.0. The summed E-state index contributed by atoms with van der Waals surface area (Å²) in [7, 11) is -2.13. The molecule has 1 heterocycles. The van der Waals surface area contributed by atoms with Crippen molar-refractivity contribution in [2.45, 2.75) is 10.9 Å². The van der Waals surface area contributed by atoms with Crippen molar-refractivity contribution in [2.24, 2.45) is 0 Å². The zero-order chi connectivity index (χ0) is 30.2. The number of carbonyl (C=O) groups excluding carboxylic acids is 1. The Morgan fingerprint density at radius 3 is 2.02 bits per heavy atom. The lowest BCUT2D eigenvalue weighted by Gasteiger charge is -2.39. The molecule has 0 bridgehead atoms. The lowest BCUT2D eigenvalue weighted by Crippen LogP contribution is -2.49. The molecule has 1 aliphatic rings. The molecule has 0 aliphatic carbocycles. The van der Waals surface area contributed by atoms with E-state index >= 15 is 0 Å². The van der Waals surface area contributed by atoms with Crippen LogP contribution in [0, 0.1) is 0 Å². The van der Waals surface area contributed by atoms with Crippen LogP contribution < -0.4 is 10.1 Å². The zero-order valence-corrected chi connectivity index (χ0v) is 26.3. The molecule has 5 rings (SSSR count). The first-order chi connectivity index (χ1) is 20.9. The normalized spacial score (nSPS) is 14.5. The number of piperazine rings is 1. The number of anilines is 1. The predicted octanol–water partition coefficient (Wildman–Crippen LogP) is 5.82. The van der Waals surface area contributed by atoms with E-state index in [9.17, 15) is 13.2 Å². The molecule has 4 aromatic rings. The molecule has 0 aromatic heterocycles. The van der Waals surface area contributed by atoms with Gasteiger partial charge in [0.25, 0.3) is 5.91 Å². The molecule has 0 spiro atoms. The molecule has 4 aromatic carbocycles. The number of halogens is 1. The van der Waals surface area contributed by atoms with Crippen LogP contribution in [-0.2, 0) is 14.8 Å². The maximum absolute atomic E-state index is 13.6. The summed E-state index contributed by atoms with van der Waals surface area (Å²) in [5.41, 5.74) is 3.19. The molecule has 43 heavy (non-hydrogen) atoms. The Labute approximate surface area is 261 Å². The lowest BCUT2D eigenvalue weighted by atomic mass is 9.96. The Morgan fingerprint density at radius 2 is 1.44 bits per heavy atom. The highest BCUT2D eigenvalue weighted by molar-refractivity contribution is 9.10. The number of hydrogen-bond acceptors (Lipinski definition) is 6. The Bertz CT molecular complexity index is 1570. The fraction of sp³-hybridized carbons (Fsp3) is 0.242. The van der Waals surface area contributed by atoms with Gasteiger partial charge in [-0.1, -0.05) is 76.6 Å². The second kappa shape index (κ2) is 14.3. The number of amides is 1. The fourth-order valence-corrected chi connectivity index (χ4v) is 6.97. The third-order valence-electron chi connectivity index (χ3n) is 7.35. The molecule has 0 radical (unpaired) electrons. The molecule has 1 fully saturated rings. The second-order valence-corrected chi connectivity index (χ2v) is 13.0. The van der Waals surface area contributed by atoms with Gasteiger partial charge >= 0.3 is 0 Å². The summed E-state index contributed by atoms with van der Waals surface area (Å²) in [6.07, 6.45) is 0. The Balaban J connectivity index is 1.25. The molecule has 1 saturated heterocycles. The van der Waals surface area contributed by atoms with Gasteiger partial charge in [-0.25, -0.2) is 8.42 Å². The quantitative estimate of drug-likeness (QED) is 0.204. The van der Waals surface area contributed by atoms with Gasteiger partial charge in [0, 0.05) is 43.4 Å². The molecule has 1 amide bonds. The third-order valence-corrected chi connectivity index (χ3v) is 9.76. The van der Waals surface area contributed by atoms with Gasteiger partial charge in [0.1, 0.15) is 12.4 Å². The van der Waals surface area contributed by atoms with Crippen LogP contribution in [-0.4, -0.2) is 70.0 Å². The minimum atomic E-state index is -3.71. The first kappa shape index (κ1) is 30.9. The maximum Gasteiger partial charge on any atom is 0.259 e. The number of nitrogens with zero attached hydrogens (tertiary/aromatic N) is 2. The highest BCUT2D eigenvalue weighted by Crippen LogP contribution is 2.31. The predicted molar refractivity (Wildman–Crippen MR) is 171 cm³/mol. The number of benzene rings is 4. The number of sulfonamides is 1.